The number of amides is 7. The van der Waals surface area contributed by atoms with Crippen molar-refractivity contribution in [2.24, 2.45) is 5.73 Å². The Morgan fingerprint density at radius 1 is 0.931 bits per heavy atom. The van der Waals surface area contributed by atoms with Gasteiger partial charge in [0, 0.05) is 62.5 Å². The van der Waals surface area contributed by atoms with Gasteiger partial charge in [0.05, 0.1) is 23.9 Å². The molecule has 17 heteroatoms. The number of hydrogen-bond acceptors (Lipinski definition) is 9. The Kier molecular flexibility index (Phi) is 16.5. The smallest absolute Gasteiger partial charge is 0.329 e. The molecular weight excluding hydrogens is 750 g/mol. The lowest BCUT2D eigenvalue weighted by Gasteiger charge is -2.18. The number of methoxy groups -OCH3 is 1. The highest BCUT2D eigenvalue weighted by atomic mass is 19.1. The van der Waals surface area contributed by atoms with Gasteiger partial charge in [-0.3, -0.25) is 24.0 Å². The summed E-state index contributed by atoms with van der Waals surface area (Å²) >= 11 is 0. The van der Waals surface area contributed by atoms with Crippen molar-refractivity contribution in [1.29, 1.82) is 0 Å². The lowest BCUT2D eigenvalue weighted by Crippen LogP contribution is -2.47. The summed E-state index contributed by atoms with van der Waals surface area (Å²) < 4.78 is 19.6. The van der Waals surface area contributed by atoms with Crippen LogP contribution < -0.4 is 42.0 Å². The molecule has 4 rings (SSSR count). The second-order valence-corrected chi connectivity index (χ2v) is 13.7. The van der Waals surface area contributed by atoms with Crippen LogP contribution in [0.4, 0.5) is 14.9 Å². The van der Waals surface area contributed by atoms with E-state index >= 15 is 0 Å². The minimum atomic E-state index is -0.883. The Hall–Kier alpha value is -6.07. The summed E-state index contributed by atoms with van der Waals surface area (Å²) in [6.07, 6.45) is 1.33. The number of aryl methyl sites for hydroxylation is 1. The molecule has 58 heavy (non-hydrogen) atoms. The average Bonchev–Trinajstić information content (AvgIpc) is 3.65. The van der Waals surface area contributed by atoms with Gasteiger partial charge in [0.1, 0.15) is 17.6 Å². The molecule has 2 aromatic carbocycles. The minimum absolute atomic E-state index is 0.0164. The van der Waals surface area contributed by atoms with Gasteiger partial charge in [-0.2, -0.15) is 0 Å². The van der Waals surface area contributed by atoms with Crippen LogP contribution in [0.3, 0.4) is 0 Å². The predicted octanol–water partition coefficient (Wildman–Crippen LogP) is 2.49. The quantitative estimate of drug-likeness (QED) is 0.0658. The molecule has 1 aliphatic heterocycles. The molecule has 0 fully saturated rings. The standard InChI is InChI=1S/C41H54FN9O7/c1-6-50(7-2)21-20-45-39(55)37-25(3)33(48-26(37)4)23-31-30-22-28(42)10-13-34(30)51(40(31)56)41(57)46-19-18-44-35(52)14-15-36(53)49-32(16-17-43)38(54)47-24-27-8-11-29(58-5)12-9-27/h8-13,22-23,32,48H,6-7,14-21,24,43H2,1-5H3,(H,44,52)(H,45,55)(H,46,57)(H,47,54)(H,49,53)/b31-23-/t32-/m1/s1. The van der Waals surface area contributed by atoms with Gasteiger partial charge >= 0.3 is 6.03 Å². The molecule has 3 aromatic rings. The third kappa shape index (κ3) is 11.7. The van der Waals surface area contributed by atoms with E-state index in [2.05, 4.69) is 50.3 Å². The van der Waals surface area contributed by atoms with E-state index in [4.69, 9.17) is 10.5 Å². The van der Waals surface area contributed by atoms with Crippen LogP contribution >= 0.6 is 0 Å². The molecule has 1 aliphatic rings. The normalized spacial score (nSPS) is 13.3. The molecule has 0 bridgehead atoms. The van der Waals surface area contributed by atoms with Gasteiger partial charge in [-0.25, -0.2) is 14.1 Å². The molecule has 0 spiro atoms. The molecule has 312 valence electrons. The monoisotopic (exact) mass is 803 g/mol. The van der Waals surface area contributed by atoms with Crippen molar-refractivity contribution in [3.8, 4) is 5.75 Å². The van der Waals surface area contributed by atoms with Crippen LogP contribution in [0.2, 0.25) is 0 Å². The van der Waals surface area contributed by atoms with Crippen molar-refractivity contribution in [2.75, 3.05) is 57.8 Å². The number of anilines is 1. The second-order valence-electron chi connectivity index (χ2n) is 13.7. The fourth-order valence-electron chi connectivity index (χ4n) is 6.49. The number of halogens is 1. The number of rotatable bonds is 20. The Bertz CT molecular complexity index is 1990. The molecule has 7 amide bonds. The molecular formula is C41H54FN9O7. The van der Waals surface area contributed by atoms with Gasteiger partial charge in [0.2, 0.25) is 17.7 Å². The van der Waals surface area contributed by atoms with Crippen LogP contribution in [0.5, 0.6) is 5.75 Å². The minimum Gasteiger partial charge on any atom is -0.497 e. The van der Waals surface area contributed by atoms with Crippen molar-refractivity contribution < 1.29 is 37.9 Å². The third-order valence-electron chi connectivity index (χ3n) is 9.76. The number of aromatic nitrogens is 1. The molecule has 16 nitrogen and oxygen atoms in total. The summed E-state index contributed by atoms with van der Waals surface area (Å²) in [4.78, 5) is 84.3. The number of likely N-dealkylation sites (N-methyl/N-ethyl adjacent to an activating group) is 1. The zero-order chi connectivity index (χ0) is 42.4. The van der Waals surface area contributed by atoms with Gasteiger partial charge in [-0.05, 0) is 87.4 Å². The maximum atomic E-state index is 14.5. The van der Waals surface area contributed by atoms with E-state index in [1.165, 1.54) is 18.2 Å². The van der Waals surface area contributed by atoms with E-state index < -0.39 is 41.5 Å². The number of nitrogens with two attached hydrogens (primary N) is 1. The highest BCUT2D eigenvalue weighted by Gasteiger charge is 2.37. The van der Waals surface area contributed by atoms with Crippen molar-refractivity contribution >= 4 is 52.9 Å². The Morgan fingerprint density at radius 2 is 1.62 bits per heavy atom. The maximum Gasteiger partial charge on any atom is 0.329 e. The van der Waals surface area contributed by atoms with Gasteiger partial charge in [-0.1, -0.05) is 26.0 Å². The number of H-pyrrole nitrogens is 1. The van der Waals surface area contributed by atoms with E-state index in [0.717, 1.165) is 29.6 Å². The highest BCUT2D eigenvalue weighted by Crippen LogP contribution is 2.39. The molecule has 1 atom stereocenters. The lowest BCUT2D eigenvalue weighted by atomic mass is 10.0. The molecule has 0 aliphatic carbocycles. The van der Waals surface area contributed by atoms with Crippen LogP contribution in [0, 0.1) is 19.7 Å². The van der Waals surface area contributed by atoms with Crippen LogP contribution in [0.25, 0.3) is 11.6 Å². The van der Waals surface area contributed by atoms with Gasteiger partial charge in [0.25, 0.3) is 11.8 Å². The molecule has 0 radical (unpaired) electrons. The first-order chi connectivity index (χ1) is 27.8. The number of aromatic amines is 1. The zero-order valence-corrected chi connectivity index (χ0v) is 33.7. The first kappa shape index (κ1) is 44.6. The van der Waals surface area contributed by atoms with E-state index in [-0.39, 0.29) is 68.2 Å². The molecule has 0 saturated carbocycles. The van der Waals surface area contributed by atoms with E-state index in [9.17, 15) is 33.2 Å². The van der Waals surface area contributed by atoms with Gasteiger partial charge < -0.3 is 46.9 Å². The molecule has 2 heterocycles. The van der Waals surface area contributed by atoms with Crippen molar-refractivity contribution in [3.05, 3.63) is 81.9 Å². The number of benzene rings is 2. The number of fused-ring (bicyclic) bond motifs is 1. The first-order valence-electron chi connectivity index (χ1n) is 19.3. The molecule has 8 N–H and O–H groups in total. The Morgan fingerprint density at radius 3 is 2.29 bits per heavy atom. The third-order valence-corrected chi connectivity index (χ3v) is 9.76. The Balaban J connectivity index is 1.28. The fraction of sp³-hybridized carbons (Fsp3) is 0.415. The summed E-state index contributed by atoms with van der Waals surface area (Å²) in [6, 6.07) is 9.13. The van der Waals surface area contributed by atoms with Crippen molar-refractivity contribution in [3.63, 3.8) is 0 Å². The number of hydrogen-bond donors (Lipinski definition) is 7. The molecule has 1 aromatic heterocycles. The fourth-order valence-corrected chi connectivity index (χ4v) is 6.49. The van der Waals surface area contributed by atoms with Crippen LogP contribution in [0.15, 0.2) is 42.5 Å². The number of nitrogens with zero attached hydrogens (tertiary/aromatic N) is 2. The number of carbonyl (C=O) groups is 6. The number of urea groups is 1. The summed E-state index contributed by atoms with van der Waals surface area (Å²) in [6.45, 7) is 10.8. The Labute approximate surface area is 337 Å². The van der Waals surface area contributed by atoms with Crippen LogP contribution in [0.1, 0.15) is 71.5 Å². The van der Waals surface area contributed by atoms with Crippen LogP contribution in [-0.2, 0) is 25.7 Å². The van der Waals surface area contributed by atoms with E-state index in [0.29, 0.717) is 41.4 Å². The SMILES string of the molecule is CCN(CC)CCNC(=O)c1c(C)[nH]c(/C=C2\C(=O)N(C(=O)NCCNC(=O)CCC(=O)N[C@H](CCN)C(=O)NCc3ccc(OC)cc3)c3ccc(F)cc32)c1C. The summed E-state index contributed by atoms with van der Waals surface area (Å²) in [5.41, 5.74) is 9.01. The topological polar surface area (TPSA) is 220 Å². The van der Waals surface area contributed by atoms with Gasteiger partial charge in [0.15, 0.2) is 0 Å². The van der Waals surface area contributed by atoms with Crippen LogP contribution in [-0.4, -0.2) is 104 Å². The second kappa shape index (κ2) is 21.5. The number of nitrogens with one attached hydrogen (secondary N) is 6. The maximum absolute atomic E-state index is 14.5. The molecule has 0 unspecified atom stereocenters. The number of carbonyl (C=O) groups excluding carboxylic acids is 6. The average molecular weight is 804 g/mol. The molecule has 0 saturated heterocycles. The number of imide groups is 1. The lowest BCUT2D eigenvalue weighted by molar-refractivity contribution is -0.130. The van der Waals surface area contributed by atoms with E-state index in [1.54, 1.807) is 33.1 Å². The predicted molar refractivity (Wildman–Crippen MR) is 218 cm³/mol. The van der Waals surface area contributed by atoms with E-state index in [1.807, 2.05) is 12.1 Å². The summed E-state index contributed by atoms with van der Waals surface area (Å²) in [5.74, 6) is -2.28. The zero-order valence-electron chi connectivity index (χ0n) is 33.7. The number of ether oxygens (including phenoxy) is 1. The van der Waals surface area contributed by atoms with Crippen molar-refractivity contribution in [1.82, 2.24) is 36.5 Å². The summed E-state index contributed by atoms with van der Waals surface area (Å²) in [5, 5.41) is 13.6. The first-order valence-corrected chi connectivity index (χ1v) is 19.3. The van der Waals surface area contributed by atoms with Crippen molar-refractivity contribution in [2.45, 2.75) is 59.5 Å². The highest BCUT2D eigenvalue weighted by molar-refractivity contribution is 6.42. The largest absolute Gasteiger partial charge is 0.497 e. The van der Waals surface area contributed by atoms with Gasteiger partial charge in [-0.15, -0.1) is 0 Å². The summed E-state index contributed by atoms with van der Waals surface area (Å²) in [7, 11) is 1.56.